The fraction of sp³-hybridized carbons (Fsp3) is 0.200. The van der Waals surface area contributed by atoms with Crippen molar-refractivity contribution in [3.05, 3.63) is 66.3 Å². The van der Waals surface area contributed by atoms with Crippen LogP contribution in [0.25, 0.3) is 22.3 Å². The third-order valence-electron chi connectivity index (χ3n) is 5.94. The number of rotatable bonds is 6. The van der Waals surface area contributed by atoms with Crippen LogP contribution in [-0.4, -0.2) is 64.2 Å². The summed E-state index contributed by atoms with van der Waals surface area (Å²) in [6.45, 7) is 7.31. The number of anilines is 4. The summed E-state index contributed by atoms with van der Waals surface area (Å²) >= 11 is 6.54. The van der Waals surface area contributed by atoms with Crippen molar-refractivity contribution in [1.29, 1.82) is 0 Å². The first kappa shape index (κ1) is 22.8. The van der Waals surface area contributed by atoms with E-state index in [2.05, 4.69) is 49.2 Å². The van der Waals surface area contributed by atoms with Gasteiger partial charge in [-0.2, -0.15) is 10.1 Å². The van der Waals surface area contributed by atoms with E-state index >= 15 is 0 Å². The fourth-order valence-electron chi connectivity index (χ4n) is 4.06. The second-order valence-corrected chi connectivity index (χ2v) is 8.79. The molecule has 0 radical (unpaired) electrons. The SMILES string of the molecule is C=CC(=O)Nc1cccc(-c2nc(Nc3ccc(Cl)c(N4CCN(C)CC4)c3)nc3[nH]ncc23)c1. The van der Waals surface area contributed by atoms with Gasteiger partial charge in [-0.1, -0.05) is 30.3 Å². The Bertz CT molecular complexity index is 1390. The monoisotopic (exact) mass is 488 g/mol. The average Bonchev–Trinajstić information content (AvgIpc) is 3.34. The standard InChI is InChI=1S/C25H25ClN8O/c1-3-22(35)28-17-6-4-5-16(13-17)23-19-15-27-32-24(19)31-25(30-23)29-18-7-8-20(26)21(14-18)34-11-9-33(2)10-12-34/h3-8,13-15H,1,9-12H2,2H3,(H,28,35)(H2,27,29,30,31,32). The number of benzene rings is 2. The van der Waals surface area contributed by atoms with Crippen molar-refractivity contribution in [1.82, 2.24) is 25.1 Å². The maximum Gasteiger partial charge on any atom is 0.247 e. The van der Waals surface area contributed by atoms with Crippen molar-refractivity contribution < 1.29 is 4.79 Å². The first-order valence-electron chi connectivity index (χ1n) is 11.3. The molecule has 35 heavy (non-hydrogen) atoms. The molecule has 2 aromatic carbocycles. The molecule has 0 aliphatic carbocycles. The highest BCUT2D eigenvalue weighted by Gasteiger charge is 2.18. The molecule has 3 heterocycles. The van der Waals surface area contributed by atoms with Crippen molar-refractivity contribution in [2.45, 2.75) is 0 Å². The van der Waals surface area contributed by atoms with Gasteiger partial charge in [-0.3, -0.25) is 9.89 Å². The van der Waals surface area contributed by atoms with E-state index in [9.17, 15) is 4.79 Å². The molecule has 0 spiro atoms. The van der Waals surface area contributed by atoms with E-state index in [1.807, 2.05) is 42.5 Å². The van der Waals surface area contributed by atoms with E-state index in [1.165, 1.54) is 6.08 Å². The van der Waals surface area contributed by atoms with Crippen LogP contribution in [-0.2, 0) is 4.79 Å². The van der Waals surface area contributed by atoms with E-state index in [4.69, 9.17) is 16.6 Å². The number of nitrogens with zero attached hydrogens (tertiary/aromatic N) is 5. The van der Waals surface area contributed by atoms with Gasteiger partial charge in [0.2, 0.25) is 11.9 Å². The van der Waals surface area contributed by atoms with Crippen LogP contribution < -0.4 is 15.5 Å². The average molecular weight is 489 g/mol. The zero-order valence-corrected chi connectivity index (χ0v) is 20.0. The molecule has 1 aliphatic heterocycles. The van der Waals surface area contributed by atoms with E-state index in [1.54, 1.807) is 6.20 Å². The smallest absolute Gasteiger partial charge is 0.247 e. The number of hydrogen-bond acceptors (Lipinski definition) is 7. The first-order chi connectivity index (χ1) is 17.0. The van der Waals surface area contributed by atoms with Gasteiger partial charge in [0, 0.05) is 43.1 Å². The summed E-state index contributed by atoms with van der Waals surface area (Å²) in [6.07, 6.45) is 2.92. The third kappa shape index (κ3) is 4.96. The number of aromatic amines is 1. The fourth-order valence-corrected chi connectivity index (χ4v) is 4.29. The second kappa shape index (κ2) is 9.73. The van der Waals surface area contributed by atoms with Gasteiger partial charge in [0.25, 0.3) is 0 Å². The van der Waals surface area contributed by atoms with Gasteiger partial charge in [0.05, 0.1) is 28.0 Å². The summed E-state index contributed by atoms with van der Waals surface area (Å²) < 4.78 is 0. The topological polar surface area (TPSA) is 102 Å². The van der Waals surface area contributed by atoms with Gasteiger partial charge in [-0.25, -0.2) is 4.98 Å². The minimum atomic E-state index is -0.278. The number of amides is 1. The number of H-pyrrole nitrogens is 1. The predicted octanol–water partition coefficient (Wildman–Crippen LogP) is 4.29. The Morgan fingerprint density at radius 2 is 1.94 bits per heavy atom. The number of aromatic nitrogens is 4. The Hall–Kier alpha value is -3.95. The Kier molecular flexibility index (Phi) is 6.35. The van der Waals surface area contributed by atoms with Crippen LogP contribution in [0.15, 0.2) is 61.3 Å². The minimum Gasteiger partial charge on any atom is -0.368 e. The highest BCUT2D eigenvalue weighted by atomic mass is 35.5. The van der Waals surface area contributed by atoms with Crippen LogP contribution in [0.4, 0.5) is 23.0 Å². The molecule has 0 atom stereocenters. The number of likely N-dealkylation sites (N-methyl/N-ethyl adjacent to an activating group) is 1. The van der Waals surface area contributed by atoms with Gasteiger partial charge >= 0.3 is 0 Å². The van der Waals surface area contributed by atoms with Gasteiger partial charge in [0.1, 0.15) is 0 Å². The zero-order valence-electron chi connectivity index (χ0n) is 19.3. The number of carbonyl (C=O) groups excluding carboxylic acids is 1. The lowest BCUT2D eigenvalue weighted by Crippen LogP contribution is -2.44. The van der Waals surface area contributed by atoms with Gasteiger partial charge in [0.15, 0.2) is 5.65 Å². The molecule has 0 bridgehead atoms. The molecule has 0 saturated carbocycles. The van der Waals surface area contributed by atoms with E-state index in [0.29, 0.717) is 28.0 Å². The summed E-state index contributed by atoms with van der Waals surface area (Å²) in [5.74, 6) is 0.142. The molecule has 5 rings (SSSR count). The molecular weight excluding hydrogens is 464 g/mol. The molecule has 178 valence electrons. The van der Waals surface area contributed by atoms with Crippen LogP contribution in [0.1, 0.15) is 0 Å². The number of carbonyl (C=O) groups is 1. The molecule has 1 amide bonds. The Morgan fingerprint density at radius 3 is 2.74 bits per heavy atom. The van der Waals surface area contributed by atoms with E-state index in [0.717, 1.165) is 48.5 Å². The number of fused-ring (bicyclic) bond motifs is 1. The molecule has 9 nitrogen and oxygen atoms in total. The number of nitrogens with one attached hydrogen (secondary N) is 3. The molecule has 4 aromatic rings. The third-order valence-corrected chi connectivity index (χ3v) is 6.26. The molecule has 10 heteroatoms. The number of halogens is 1. The zero-order chi connectivity index (χ0) is 24.4. The molecule has 2 aromatic heterocycles. The summed E-state index contributed by atoms with van der Waals surface area (Å²) in [7, 11) is 2.13. The van der Waals surface area contributed by atoms with Crippen LogP contribution in [0.2, 0.25) is 5.02 Å². The molecule has 3 N–H and O–H groups in total. The molecule has 1 fully saturated rings. The van der Waals surface area contributed by atoms with Gasteiger partial charge in [-0.15, -0.1) is 0 Å². The highest BCUT2D eigenvalue weighted by molar-refractivity contribution is 6.33. The lowest BCUT2D eigenvalue weighted by molar-refractivity contribution is -0.111. The summed E-state index contributed by atoms with van der Waals surface area (Å²) in [6, 6.07) is 13.3. The maximum atomic E-state index is 11.7. The number of hydrogen-bond donors (Lipinski definition) is 3. The largest absolute Gasteiger partial charge is 0.368 e. The van der Waals surface area contributed by atoms with Crippen LogP contribution >= 0.6 is 11.6 Å². The Labute approximate surface area is 207 Å². The van der Waals surface area contributed by atoms with Crippen molar-refractivity contribution in [3.8, 4) is 11.3 Å². The quantitative estimate of drug-likeness (QED) is 0.348. The summed E-state index contributed by atoms with van der Waals surface area (Å²) in [4.78, 5) is 25.7. The number of piperazine rings is 1. The lowest BCUT2D eigenvalue weighted by atomic mass is 10.1. The van der Waals surface area contributed by atoms with Crippen molar-refractivity contribution in [2.24, 2.45) is 0 Å². The maximum absolute atomic E-state index is 11.7. The highest BCUT2D eigenvalue weighted by Crippen LogP contribution is 2.32. The minimum absolute atomic E-state index is 0.278. The van der Waals surface area contributed by atoms with Crippen LogP contribution in [0, 0.1) is 0 Å². The van der Waals surface area contributed by atoms with Crippen LogP contribution in [0.5, 0.6) is 0 Å². The van der Waals surface area contributed by atoms with Crippen molar-refractivity contribution in [2.75, 3.05) is 48.8 Å². The normalized spacial score (nSPS) is 14.2. The molecule has 1 saturated heterocycles. The van der Waals surface area contributed by atoms with Crippen molar-refractivity contribution in [3.63, 3.8) is 0 Å². The lowest BCUT2D eigenvalue weighted by Gasteiger charge is -2.34. The summed E-state index contributed by atoms with van der Waals surface area (Å²) in [5.41, 5.74) is 4.57. The predicted molar refractivity (Wildman–Crippen MR) is 140 cm³/mol. The Morgan fingerprint density at radius 1 is 1.11 bits per heavy atom. The first-order valence-corrected chi connectivity index (χ1v) is 11.6. The van der Waals surface area contributed by atoms with Crippen molar-refractivity contribution >= 4 is 51.6 Å². The van der Waals surface area contributed by atoms with Gasteiger partial charge in [-0.05, 0) is 43.5 Å². The summed E-state index contributed by atoms with van der Waals surface area (Å²) in [5, 5.41) is 14.7. The Balaban J connectivity index is 1.47. The van der Waals surface area contributed by atoms with Gasteiger partial charge < -0.3 is 20.4 Å². The van der Waals surface area contributed by atoms with E-state index < -0.39 is 0 Å². The second-order valence-electron chi connectivity index (χ2n) is 8.38. The molecular formula is C25H25ClN8O. The van der Waals surface area contributed by atoms with Crippen LogP contribution in [0.3, 0.4) is 0 Å². The molecule has 1 aliphatic rings. The van der Waals surface area contributed by atoms with E-state index in [-0.39, 0.29) is 5.91 Å². The molecule has 0 unspecified atom stereocenters.